The number of hydrogen-bond acceptors (Lipinski definition) is 4. The Labute approximate surface area is 201 Å². The predicted molar refractivity (Wildman–Crippen MR) is 125 cm³/mol. The lowest BCUT2D eigenvalue weighted by molar-refractivity contribution is -0.274. The number of aromatic nitrogens is 1. The average molecular weight is 487 g/mol. The zero-order chi connectivity index (χ0) is 24.0. The second-order valence-electron chi connectivity index (χ2n) is 7.79. The zero-order valence-electron chi connectivity index (χ0n) is 18.2. The van der Waals surface area contributed by atoms with E-state index in [1.165, 1.54) is 18.2 Å². The van der Waals surface area contributed by atoms with Crippen molar-refractivity contribution in [2.45, 2.75) is 19.2 Å². The SMILES string of the molecule is FC(F)(F)Oc1ccc(C#Cc2ccc(-c3ccc(Cl)cc3)cn2)c(OCCN2CCCC2)c1. The number of nitrogens with zero attached hydrogens (tertiary/aromatic N) is 2. The number of ether oxygens (including phenoxy) is 2. The van der Waals surface area contributed by atoms with Crippen LogP contribution in [-0.2, 0) is 0 Å². The van der Waals surface area contributed by atoms with Crippen molar-refractivity contribution in [1.29, 1.82) is 0 Å². The van der Waals surface area contributed by atoms with Gasteiger partial charge in [0.05, 0.1) is 5.56 Å². The molecule has 0 radical (unpaired) electrons. The highest BCUT2D eigenvalue weighted by atomic mass is 35.5. The summed E-state index contributed by atoms with van der Waals surface area (Å²) in [4.78, 5) is 6.63. The van der Waals surface area contributed by atoms with Crippen molar-refractivity contribution < 1.29 is 22.6 Å². The maximum Gasteiger partial charge on any atom is 0.573 e. The van der Waals surface area contributed by atoms with Gasteiger partial charge in [-0.25, -0.2) is 4.98 Å². The zero-order valence-corrected chi connectivity index (χ0v) is 19.0. The lowest BCUT2D eigenvalue weighted by atomic mass is 10.1. The van der Waals surface area contributed by atoms with Crippen molar-refractivity contribution in [3.63, 3.8) is 0 Å². The summed E-state index contributed by atoms with van der Waals surface area (Å²) < 4.78 is 47.8. The van der Waals surface area contributed by atoms with Crippen LogP contribution >= 0.6 is 11.6 Å². The van der Waals surface area contributed by atoms with Gasteiger partial charge in [-0.05, 0) is 67.7 Å². The molecule has 0 saturated carbocycles. The van der Waals surface area contributed by atoms with Crippen LogP contribution in [0.5, 0.6) is 11.5 Å². The number of alkyl halides is 3. The van der Waals surface area contributed by atoms with Crippen LogP contribution in [-0.4, -0.2) is 42.5 Å². The Morgan fingerprint density at radius 3 is 2.35 bits per heavy atom. The van der Waals surface area contributed by atoms with Gasteiger partial charge in [-0.1, -0.05) is 35.7 Å². The van der Waals surface area contributed by atoms with E-state index in [0.29, 0.717) is 29.4 Å². The minimum absolute atomic E-state index is 0.242. The van der Waals surface area contributed by atoms with Gasteiger partial charge >= 0.3 is 6.36 Å². The van der Waals surface area contributed by atoms with Crippen molar-refractivity contribution in [2.75, 3.05) is 26.2 Å². The monoisotopic (exact) mass is 486 g/mol. The summed E-state index contributed by atoms with van der Waals surface area (Å²) in [5, 5.41) is 0.657. The number of hydrogen-bond donors (Lipinski definition) is 0. The quantitative estimate of drug-likeness (QED) is 0.390. The van der Waals surface area contributed by atoms with E-state index in [0.717, 1.165) is 37.1 Å². The van der Waals surface area contributed by atoms with E-state index in [1.54, 1.807) is 12.3 Å². The van der Waals surface area contributed by atoms with Gasteiger partial charge < -0.3 is 9.47 Å². The van der Waals surface area contributed by atoms with Crippen molar-refractivity contribution in [3.8, 4) is 34.5 Å². The fourth-order valence-electron chi connectivity index (χ4n) is 3.63. The molecule has 3 aromatic rings. The summed E-state index contributed by atoms with van der Waals surface area (Å²) >= 11 is 5.93. The topological polar surface area (TPSA) is 34.6 Å². The van der Waals surface area contributed by atoms with Crippen molar-refractivity contribution >= 4 is 11.6 Å². The first-order valence-electron chi connectivity index (χ1n) is 10.8. The van der Waals surface area contributed by atoms with Gasteiger partial charge in [0.2, 0.25) is 0 Å². The van der Waals surface area contributed by atoms with E-state index in [1.807, 2.05) is 30.3 Å². The van der Waals surface area contributed by atoms with E-state index in [-0.39, 0.29) is 11.5 Å². The van der Waals surface area contributed by atoms with E-state index in [9.17, 15) is 13.2 Å². The second kappa shape index (κ2) is 10.8. The summed E-state index contributed by atoms with van der Waals surface area (Å²) in [6, 6.07) is 15.0. The minimum atomic E-state index is -4.78. The molecule has 1 aromatic heterocycles. The van der Waals surface area contributed by atoms with Crippen LogP contribution in [0.15, 0.2) is 60.8 Å². The van der Waals surface area contributed by atoms with E-state index in [4.69, 9.17) is 16.3 Å². The molecule has 1 aliphatic rings. The molecule has 0 spiro atoms. The highest BCUT2D eigenvalue weighted by Gasteiger charge is 2.31. The lowest BCUT2D eigenvalue weighted by Gasteiger charge is -2.16. The molecular formula is C26H22ClF3N2O2. The van der Waals surface area contributed by atoms with Gasteiger partial charge in [-0.3, -0.25) is 4.90 Å². The Morgan fingerprint density at radius 1 is 0.941 bits per heavy atom. The maximum atomic E-state index is 12.7. The van der Waals surface area contributed by atoms with Crippen molar-refractivity contribution in [1.82, 2.24) is 9.88 Å². The molecule has 34 heavy (non-hydrogen) atoms. The number of pyridine rings is 1. The summed E-state index contributed by atoms with van der Waals surface area (Å²) in [6.07, 6.45) is -0.776. The fraction of sp³-hybridized carbons (Fsp3) is 0.269. The molecule has 2 aromatic carbocycles. The van der Waals surface area contributed by atoms with Crippen LogP contribution in [0, 0.1) is 11.8 Å². The molecule has 0 aliphatic carbocycles. The fourth-order valence-corrected chi connectivity index (χ4v) is 3.75. The molecule has 1 saturated heterocycles. The smallest absolute Gasteiger partial charge is 0.491 e. The normalized spacial score (nSPS) is 13.9. The van der Waals surface area contributed by atoms with Crippen LogP contribution < -0.4 is 9.47 Å². The summed E-state index contributed by atoms with van der Waals surface area (Å²) in [5.41, 5.74) is 2.88. The molecule has 0 unspecified atom stereocenters. The van der Waals surface area contributed by atoms with Gasteiger partial charge in [0.25, 0.3) is 0 Å². The summed E-state index contributed by atoms with van der Waals surface area (Å²) in [5.74, 6) is 5.81. The lowest BCUT2D eigenvalue weighted by Crippen LogP contribution is -2.25. The molecular weight excluding hydrogens is 465 g/mol. The largest absolute Gasteiger partial charge is 0.573 e. The van der Waals surface area contributed by atoms with Crippen molar-refractivity contribution in [3.05, 3.63) is 77.1 Å². The van der Waals surface area contributed by atoms with Gasteiger partial charge in [0.15, 0.2) is 0 Å². The van der Waals surface area contributed by atoms with Crippen molar-refractivity contribution in [2.24, 2.45) is 0 Å². The summed E-state index contributed by atoms with van der Waals surface area (Å²) in [6.45, 7) is 3.05. The molecule has 1 aliphatic heterocycles. The molecule has 2 heterocycles. The molecule has 0 N–H and O–H groups in total. The molecule has 8 heteroatoms. The Hall–Kier alpha value is -3.21. The third kappa shape index (κ3) is 6.89. The molecule has 0 amide bonds. The standard InChI is InChI=1S/C26H22ClF3N2O2/c27-22-8-3-19(4-9-22)21-6-11-23(31-18-21)10-5-20-7-12-24(34-26(28,29)30)17-25(20)33-16-15-32-13-1-2-14-32/h3-4,6-9,11-12,17-18H,1-2,13-16H2. The van der Waals surface area contributed by atoms with Gasteiger partial charge in [-0.2, -0.15) is 0 Å². The highest BCUT2D eigenvalue weighted by molar-refractivity contribution is 6.30. The molecule has 4 nitrogen and oxygen atoms in total. The number of likely N-dealkylation sites (tertiary alicyclic amines) is 1. The highest BCUT2D eigenvalue weighted by Crippen LogP contribution is 2.29. The summed E-state index contributed by atoms with van der Waals surface area (Å²) in [7, 11) is 0. The first-order valence-corrected chi connectivity index (χ1v) is 11.2. The third-order valence-corrected chi connectivity index (χ3v) is 5.57. The molecule has 4 rings (SSSR count). The number of benzene rings is 2. The van der Waals surface area contributed by atoms with Crippen LogP contribution in [0.25, 0.3) is 11.1 Å². The van der Waals surface area contributed by atoms with Gasteiger partial charge in [-0.15, -0.1) is 13.2 Å². The van der Waals surface area contributed by atoms with Crippen LogP contribution in [0.1, 0.15) is 24.1 Å². The second-order valence-corrected chi connectivity index (χ2v) is 8.23. The Morgan fingerprint density at radius 2 is 1.68 bits per heavy atom. The first-order chi connectivity index (χ1) is 16.4. The molecule has 176 valence electrons. The van der Waals surface area contributed by atoms with Gasteiger partial charge in [0, 0.05) is 29.4 Å². The van der Waals surface area contributed by atoms with E-state index < -0.39 is 6.36 Å². The molecule has 0 bridgehead atoms. The van der Waals surface area contributed by atoms with Crippen LogP contribution in [0.2, 0.25) is 5.02 Å². The Bertz CT molecular complexity index is 1160. The maximum absolute atomic E-state index is 12.7. The average Bonchev–Trinajstić information content (AvgIpc) is 3.32. The van der Waals surface area contributed by atoms with Gasteiger partial charge in [0.1, 0.15) is 23.8 Å². The first kappa shape index (κ1) is 23.9. The van der Waals surface area contributed by atoms with E-state index in [2.05, 4.69) is 26.5 Å². The molecule has 1 fully saturated rings. The Balaban J connectivity index is 1.51. The number of halogens is 4. The third-order valence-electron chi connectivity index (χ3n) is 5.32. The van der Waals surface area contributed by atoms with Crippen LogP contribution in [0.3, 0.4) is 0 Å². The minimum Gasteiger partial charge on any atom is -0.491 e. The van der Waals surface area contributed by atoms with E-state index >= 15 is 0 Å². The number of rotatable bonds is 6. The predicted octanol–water partition coefficient (Wildman–Crippen LogP) is 6.18. The molecule has 0 atom stereocenters. The van der Waals surface area contributed by atoms with Crippen LogP contribution in [0.4, 0.5) is 13.2 Å². The Kier molecular flexibility index (Phi) is 7.61.